The van der Waals surface area contributed by atoms with E-state index in [1.54, 1.807) is 0 Å². The molecular weight excluding hydrogens is 210 g/mol. The van der Waals surface area contributed by atoms with Crippen molar-refractivity contribution in [2.45, 2.75) is 52.5 Å². The summed E-state index contributed by atoms with van der Waals surface area (Å²) in [5.74, 6) is 1.41. The van der Waals surface area contributed by atoms with Gasteiger partial charge in [0.05, 0.1) is 5.69 Å². The average molecular weight is 233 g/mol. The van der Waals surface area contributed by atoms with E-state index >= 15 is 0 Å². The average Bonchev–Trinajstić information content (AvgIpc) is 2.35. The Hall–Kier alpha value is -0.960. The van der Waals surface area contributed by atoms with Gasteiger partial charge < -0.3 is 0 Å². The maximum atomic E-state index is 4.72. The molecule has 0 saturated heterocycles. The lowest BCUT2D eigenvalue weighted by atomic mass is 10.1. The first-order valence-electron chi connectivity index (χ1n) is 6.77. The minimum atomic E-state index is 0.423. The zero-order valence-corrected chi connectivity index (χ0v) is 11.2. The lowest BCUT2D eigenvalue weighted by Gasteiger charge is -2.28. The van der Waals surface area contributed by atoms with Crippen molar-refractivity contribution in [2.24, 2.45) is 0 Å². The maximum absolute atomic E-state index is 4.72. The van der Waals surface area contributed by atoms with Crippen LogP contribution >= 0.6 is 0 Å². The van der Waals surface area contributed by atoms with Crippen molar-refractivity contribution < 1.29 is 0 Å². The highest BCUT2D eigenvalue weighted by molar-refractivity contribution is 5.21. The van der Waals surface area contributed by atoms with Gasteiger partial charge in [-0.05, 0) is 24.9 Å². The first kappa shape index (κ1) is 12.5. The van der Waals surface area contributed by atoms with Crippen LogP contribution in [0.25, 0.3) is 0 Å². The predicted molar refractivity (Wildman–Crippen MR) is 70.0 cm³/mol. The third-order valence-electron chi connectivity index (χ3n) is 3.39. The van der Waals surface area contributed by atoms with E-state index in [1.165, 1.54) is 30.6 Å². The fourth-order valence-corrected chi connectivity index (χ4v) is 2.22. The standard InChI is InChI=1S/C14H23N3/c1-4-5-7-17-8-6-12-9-15-14(11(2)3)16-13(12)10-17/h9,11H,4-8,10H2,1-3H3. The molecule has 2 heterocycles. The fraction of sp³-hybridized carbons (Fsp3) is 0.714. The molecule has 1 aromatic heterocycles. The molecule has 0 aromatic carbocycles. The summed E-state index contributed by atoms with van der Waals surface area (Å²) in [7, 11) is 0. The molecule has 3 nitrogen and oxygen atoms in total. The van der Waals surface area contributed by atoms with Crippen molar-refractivity contribution in [1.29, 1.82) is 0 Å². The van der Waals surface area contributed by atoms with Crippen LogP contribution in [0.4, 0.5) is 0 Å². The van der Waals surface area contributed by atoms with Crippen molar-refractivity contribution in [3.8, 4) is 0 Å². The van der Waals surface area contributed by atoms with E-state index in [0.717, 1.165) is 25.3 Å². The van der Waals surface area contributed by atoms with Gasteiger partial charge in [0.1, 0.15) is 5.82 Å². The Morgan fingerprint density at radius 3 is 2.94 bits per heavy atom. The molecule has 0 spiro atoms. The second-order valence-electron chi connectivity index (χ2n) is 5.23. The third kappa shape index (κ3) is 3.03. The van der Waals surface area contributed by atoms with Gasteiger partial charge in [0.25, 0.3) is 0 Å². The highest BCUT2D eigenvalue weighted by Crippen LogP contribution is 2.19. The number of unbranched alkanes of at least 4 members (excludes halogenated alkanes) is 1. The minimum Gasteiger partial charge on any atom is -0.297 e. The number of fused-ring (bicyclic) bond motifs is 1. The molecule has 0 aliphatic carbocycles. The SMILES string of the molecule is CCCCN1CCc2cnc(C(C)C)nc2C1. The zero-order valence-electron chi connectivity index (χ0n) is 11.2. The molecule has 94 valence electrons. The van der Waals surface area contributed by atoms with E-state index in [-0.39, 0.29) is 0 Å². The minimum absolute atomic E-state index is 0.423. The van der Waals surface area contributed by atoms with Crippen LogP contribution in [0.5, 0.6) is 0 Å². The Balaban J connectivity index is 2.09. The van der Waals surface area contributed by atoms with Crippen LogP contribution < -0.4 is 0 Å². The molecule has 0 saturated carbocycles. The van der Waals surface area contributed by atoms with Gasteiger partial charge in [0.15, 0.2) is 0 Å². The van der Waals surface area contributed by atoms with Crippen molar-refractivity contribution in [3.05, 3.63) is 23.3 Å². The fourth-order valence-electron chi connectivity index (χ4n) is 2.22. The van der Waals surface area contributed by atoms with Gasteiger partial charge in [-0.3, -0.25) is 4.90 Å². The Bertz CT molecular complexity index is 374. The first-order valence-corrected chi connectivity index (χ1v) is 6.77. The Morgan fingerprint density at radius 1 is 1.41 bits per heavy atom. The quantitative estimate of drug-likeness (QED) is 0.800. The molecule has 0 fully saturated rings. The van der Waals surface area contributed by atoms with Gasteiger partial charge in [-0.2, -0.15) is 0 Å². The molecule has 1 aliphatic rings. The van der Waals surface area contributed by atoms with Gasteiger partial charge in [0.2, 0.25) is 0 Å². The first-order chi connectivity index (χ1) is 8.20. The summed E-state index contributed by atoms with van der Waals surface area (Å²) in [5.41, 5.74) is 2.60. The summed E-state index contributed by atoms with van der Waals surface area (Å²) >= 11 is 0. The Labute approximate surface area is 104 Å². The molecule has 3 heteroatoms. The van der Waals surface area contributed by atoms with Gasteiger partial charge in [-0.15, -0.1) is 0 Å². The summed E-state index contributed by atoms with van der Waals surface area (Å²) in [6.45, 7) is 9.93. The second kappa shape index (κ2) is 5.58. The summed E-state index contributed by atoms with van der Waals surface area (Å²) in [6, 6.07) is 0. The Morgan fingerprint density at radius 2 is 2.24 bits per heavy atom. The maximum Gasteiger partial charge on any atom is 0.131 e. The molecule has 0 bridgehead atoms. The summed E-state index contributed by atoms with van der Waals surface area (Å²) in [4.78, 5) is 11.7. The number of hydrogen-bond donors (Lipinski definition) is 0. The Kier molecular flexibility index (Phi) is 4.11. The van der Waals surface area contributed by atoms with Gasteiger partial charge >= 0.3 is 0 Å². The van der Waals surface area contributed by atoms with Crippen molar-refractivity contribution in [1.82, 2.24) is 14.9 Å². The number of aromatic nitrogens is 2. The lowest BCUT2D eigenvalue weighted by Crippen LogP contribution is -2.32. The molecule has 0 N–H and O–H groups in total. The molecule has 2 rings (SSSR count). The van der Waals surface area contributed by atoms with E-state index in [1.807, 2.05) is 6.20 Å². The van der Waals surface area contributed by atoms with E-state index in [9.17, 15) is 0 Å². The van der Waals surface area contributed by atoms with Gasteiger partial charge in [-0.1, -0.05) is 27.2 Å². The van der Waals surface area contributed by atoms with E-state index < -0.39 is 0 Å². The number of hydrogen-bond acceptors (Lipinski definition) is 3. The molecule has 0 unspecified atom stereocenters. The highest BCUT2D eigenvalue weighted by Gasteiger charge is 2.18. The molecule has 0 atom stereocenters. The van der Waals surface area contributed by atoms with Crippen LogP contribution in [0, 0.1) is 0 Å². The largest absolute Gasteiger partial charge is 0.297 e. The van der Waals surface area contributed by atoms with E-state index in [2.05, 4.69) is 30.7 Å². The van der Waals surface area contributed by atoms with E-state index in [4.69, 9.17) is 4.98 Å². The smallest absolute Gasteiger partial charge is 0.131 e. The van der Waals surface area contributed by atoms with Gasteiger partial charge in [-0.25, -0.2) is 9.97 Å². The topological polar surface area (TPSA) is 29.0 Å². The molecule has 0 amide bonds. The van der Waals surface area contributed by atoms with Crippen LogP contribution in [0.2, 0.25) is 0 Å². The molecule has 0 radical (unpaired) electrons. The molecular formula is C14H23N3. The van der Waals surface area contributed by atoms with Crippen molar-refractivity contribution in [3.63, 3.8) is 0 Å². The molecule has 1 aromatic rings. The van der Waals surface area contributed by atoms with Crippen molar-refractivity contribution in [2.75, 3.05) is 13.1 Å². The van der Waals surface area contributed by atoms with Crippen LogP contribution in [0.1, 0.15) is 56.6 Å². The highest BCUT2D eigenvalue weighted by atomic mass is 15.1. The van der Waals surface area contributed by atoms with Crippen LogP contribution in [-0.4, -0.2) is 28.0 Å². The monoisotopic (exact) mass is 233 g/mol. The van der Waals surface area contributed by atoms with Crippen LogP contribution in [-0.2, 0) is 13.0 Å². The lowest BCUT2D eigenvalue weighted by molar-refractivity contribution is 0.245. The third-order valence-corrected chi connectivity index (χ3v) is 3.39. The number of nitrogens with zero attached hydrogens (tertiary/aromatic N) is 3. The van der Waals surface area contributed by atoms with Crippen molar-refractivity contribution >= 4 is 0 Å². The van der Waals surface area contributed by atoms with Crippen LogP contribution in [0.3, 0.4) is 0 Å². The summed E-state index contributed by atoms with van der Waals surface area (Å²) < 4.78 is 0. The normalized spacial score (nSPS) is 16.2. The summed E-state index contributed by atoms with van der Waals surface area (Å²) in [6.07, 6.45) is 5.70. The number of rotatable bonds is 4. The molecule has 1 aliphatic heterocycles. The van der Waals surface area contributed by atoms with Gasteiger partial charge in [0, 0.05) is 25.2 Å². The second-order valence-corrected chi connectivity index (χ2v) is 5.23. The summed E-state index contributed by atoms with van der Waals surface area (Å²) in [5, 5.41) is 0. The zero-order chi connectivity index (χ0) is 12.3. The van der Waals surface area contributed by atoms with Crippen LogP contribution in [0.15, 0.2) is 6.20 Å². The molecule has 17 heavy (non-hydrogen) atoms. The van der Waals surface area contributed by atoms with E-state index in [0.29, 0.717) is 5.92 Å². The predicted octanol–water partition coefficient (Wildman–Crippen LogP) is 2.76.